The van der Waals surface area contributed by atoms with Gasteiger partial charge in [-0.25, -0.2) is 0 Å². The number of carboxylic acid groups (broad SMARTS) is 1. The molecule has 1 amide bonds. The quantitative estimate of drug-likeness (QED) is 0.832. The van der Waals surface area contributed by atoms with Gasteiger partial charge < -0.3 is 10.4 Å². The van der Waals surface area contributed by atoms with E-state index in [4.69, 9.17) is 0 Å². The van der Waals surface area contributed by atoms with E-state index in [-0.39, 0.29) is 18.5 Å². The molecule has 2 atom stereocenters. The third kappa shape index (κ3) is 4.12. The van der Waals surface area contributed by atoms with Gasteiger partial charge in [0.15, 0.2) is 0 Å². The van der Waals surface area contributed by atoms with Crippen molar-refractivity contribution in [3.05, 3.63) is 41.5 Å². The number of hydrogen-bond acceptors (Lipinski definition) is 2. The van der Waals surface area contributed by atoms with Crippen LogP contribution in [-0.4, -0.2) is 17.0 Å². The van der Waals surface area contributed by atoms with Gasteiger partial charge in [0, 0.05) is 5.69 Å². The topological polar surface area (TPSA) is 66.4 Å². The molecule has 1 aliphatic rings. The molecule has 2 N–H and O–H groups in total. The van der Waals surface area contributed by atoms with Crippen LogP contribution in [0.15, 0.2) is 35.9 Å². The third-order valence-corrected chi connectivity index (χ3v) is 3.86. The van der Waals surface area contributed by atoms with Gasteiger partial charge in [-0.05, 0) is 38.0 Å². The van der Waals surface area contributed by atoms with Crippen LogP contribution in [0.1, 0.15) is 25.3 Å². The summed E-state index contributed by atoms with van der Waals surface area (Å²) in [4.78, 5) is 23.6. The Hall–Kier alpha value is -2.31. The van der Waals surface area contributed by atoms with E-state index in [1.54, 1.807) is 13.0 Å². The predicted molar refractivity (Wildman–Crippen MR) is 77.7 cm³/mol. The minimum atomic E-state index is -4.51. The second-order valence-corrected chi connectivity index (χ2v) is 5.61. The summed E-state index contributed by atoms with van der Waals surface area (Å²) in [5.41, 5.74) is 0.0256. The SMILES string of the molecule is CC1=CCC(C(=O)O)C(C(=O)Nc2cccc(C(F)(F)F)c2)C1. The van der Waals surface area contributed by atoms with Crippen molar-refractivity contribution in [1.82, 2.24) is 0 Å². The molecular weight excluding hydrogens is 311 g/mol. The molecule has 2 unspecified atom stereocenters. The summed E-state index contributed by atoms with van der Waals surface area (Å²) < 4.78 is 38.0. The summed E-state index contributed by atoms with van der Waals surface area (Å²) in [5, 5.41) is 11.6. The number of rotatable bonds is 3. The van der Waals surface area contributed by atoms with Crippen molar-refractivity contribution in [2.24, 2.45) is 11.8 Å². The Kier molecular flexibility index (Phi) is 4.77. The van der Waals surface area contributed by atoms with Crippen molar-refractivity contribution in [1.29, 1.82) is 0 Å². The summed E-state index contributed by atoms with van der Waals surface area (Å²) in [6.45, 7) is 1.79. The predicted octanol–water partition coefficient (Wildman–Crippen LogP) is 3.70. The molecule has 0 aliphatic heterocycles. The number of anilines is 1. The summed E-state index contributed by atoms with van der Waals surface area (Å²) in [5.74, 6) is -3.33. The fraction of sp³-hybridized carbons (Fsp3) is 0.375. The number of alkyl halides is 3. The normalized spacial score (nSPS) is 21.5. The lowest BCUT2D eigenvalue weighted by molar-refractivity contribution is -0.146. The number of carbonyl (C=O) groups is 2. The number of allylic oxidation sites excluding steroid dienone is 2. The van der Waals surface area contributed by atoms with Gasteiger partial charge in [-0.1, -0.05) is 17.7 Å². The zero-order valence-corrected chi connectivity index (χ0v) is 12.4. The van der Waals surface area contributed by atoms with Gasteiger partial charge in [-0.3, -0.25) is 9.59 Å². The summed E-state index contributed by atoms with van der Waals surface area (Å²) >= 11 is 0. The van der Waals surface area contributed by atoms with E-state index in [0.717, 1.165) is 17.7 Å². The van der Waals surface area contributed by atoms with E-state index in [9.17, 15) is 27.9 Å². The van der Waals surface area contributed by atoms with E-state index in [1.807, 2.05) is 0 Å². The Balaban J connectivity index is 2.18. The van der Waals surface area contributed by atoms with Gasteiger partial charge in [-0.15, -0.1) is 0 Å². The molecule has 0 heterocycles. The fourth-order valence-corrected chi connectivity index (χ4v) is 2.62. The number of nitrogens with one attached hydrogen (secondary N) is 1. The highest BCUT2D eigenvalue weighted by Gasteiger charge is 2.36. The van der Waals surface area contributed by atoms with Crippen LogP contribution >= 0.6 is 0 Å². The highest BCUT2D eigenvalue weighted by atomic mass is 19.4. The van der Waals surface area contributed by atoms with Crippen LogP contribution in [0.5, 0.6) is 0 Å². The first-order valence-corrected chi connectivity index (χ1v) is 7.05. The lowest BCUT2D eigenvalue weighted by Crippen LogP contribution is -2.35. The average molecular weight is 327 g/mol. The van der Waals surface area contributed by atoms with Gasteiger partial charge in [0.05, 0.1) is 17.4 Å². The lowest BCUT2D eigenvalue weighted by Gasteiger charge is -2.26. The van der Waals surface area contributed by atoms with Crippen LogP contribution in [0.2, 0.25) is 0 Å². The van der Waals surface area contributed by atoms with Crippen molar-refractivity contribution >= 4 is 17.6 Å². The molecule has 2 rings (SSSR count). The Morgan fingerprint density at radius 1 is 1.26 bits per heavy atom. The van der Waals surface area contributed by atoms with E-state index in [0.29, 0.717) is 0 Å². The minimum Gasteiger partial charge on any atom is -0.481 e. The van der Waals surface area contributed by atoms with Gasteiger partial charge in [0.1, 0.15) is 0 Å². The van der Waals surface area contributed by atoms with Crippen LogP contribution in [-0.2, 0) is 15.8 Å². The zero-order valence-electron chi connectivity index (χ0n) is 12.4. The van der Waals surface area contributed by atoms with Crippen molar-refractivity contribution in [3.63, 3.8) is 0 Å². The van der Waals surface area contributed by atoms with E-state index in [1.165, 1.54) is 12.1 Å². The maximum Gasteiger partial charge on any atom is 0.416 e. The molecule has 0 fully saturated rings. The molecule has 4 nitrogen and oxygen atoms in total. The maximum absolute atomic E-state index is 12.7. The van der Waals surface area contributed by atoms with E-state index >= 15 is 0 Å². The molecule has 0 saturated heterocycles. The van der Waals surface area contributed by atoms with Crippen LogP contribution in [0, 0.1) is 11.8 Å². The second-order valence-electron chi connectivity index (χ2n) is 5.61. The molecular formula is C16H16F3NO3. The second kappa shape index (κ2) is 6.44. The smallest absolute Gasteiger partial charge is 0.416 e. The number of carboxylic acids is 1. The van der Waals surface area contributed by atoms with Gasteiger partial charge in [-0.2, -0.15) is 13.2 Å². The Bertz CT molecular complexity index is 652. The zero-order chi connectivity index (χ0) is 17.2. The van der Waals surface area contributed by atoms with Crippen LogP contribution in [0.3, 0.4) is 0 Å². The van der Waals surface area contributed by atoms with Gasteiger partial charge in [0.2, 0.25) is 5.91 Å². The standard InChI is InChI=1S/C16H16F3NO3/c1-9-5-6-12(15(22)23)13(7-9)14(21)20-11-4-2-3-10(8-11)16(17,18)19/h2-5,8,12-13H,6-7H2,1H3,(H,20,21)(H,22,23). The molecule has 124 valence electrons. The van der Waals surface area contributed by atoms with Crippen LogP contribution in [0.4, 0.5) is 18.9 Å². The molecule has 0 spiro atoms. The molecule has 0 saturated carbocycles. The Morgan fingerprint density at radius 2 is 1.96 bits per heavy atom. The number of hydrogen-bond donors (Lipinski definition) is 2. The summed E-state index contributed by atoms with van der Waals surface area (Å²) in [7, 11) is 0. The molecule has 0 radical (unpaired) electrons. The van der Waals surface area contributed by atoms with Crippen molar-refractivity contribution < 1.29 is 27.9 Å². The molecule has 1 aromatic carbocycles. The molecule has 1 aromatic rings. The largest absolute Gasteiger partial charge is 0.481 e. The molecule has 23 heavy (non-hydrogen) atoms. The Labute approximate surface area is 131 Å². The highest BCUT2D eigenvalue weighted by Crippen LogP contribution is 2.33. The minimum absolute atomic E-state index is 0.00108. The van der Waals surface area contributed by atoms with Crippen LogP contribution < -0.4 is 5.32 Å². The maximum atomic E-state index is 12.7. The molecule has 0 aromatic heterocycles. The lowest BCUT2D eigenvalue weighted by atomic mass is 9.79. The van der Waals surface area contributed by atoms with Crippen molar-refractivity contribution in [2.45, 2.75) is 25.9 Å². The van der Waals surface area contributed by atoms with E-state index < -0.39 is 35.5 Å². The average Bonchev–Trinajstić information content (AvgIpc) is 2.46. The van der Waals surface area contributed by atoms with Gasteiger partial charge >= 0.3 is 12.1 Å². The summed E-state index contributed by atoms with van der Waals surface area (Å²) in [6, 6.07) is 4.27. The number of aliphatic carboxylic acids is 1. The van der Waals surface area contributed by atoms with Crippen molar-refractivity contribution in [3.8, 4) is 0 Å². The van der Waals surface area contributed by atoms with E-state index in [2.05, 4.69) is 5.32 Å². The molecule has 1 aliphatic carbocycles. The number of amides is 1. The number of carbonyl (C=O) groups excluding carboxylic acids is 1. The molecule has 7 heteroatoms. The first-order chi connectivity index (χ1) is 10.7. The Morgan fingerprint density at radius 3 is 2.57 bits per heavy atom. The molecule has 0 bridgehead atoms. The first-order valence-electron chi connectivity index (χ1n) is 7.05. The third-order valence-electron chi connectivity index (χ3n) is 3.86. The fourth-order valence-electron chi connectivity index (χ4n) is 2.62. The summed E-state index contributed by atoms with van der Waals surface area (Å²) in [6.07, 6.45) is -2.22. The highest BCUT2D eigenvalue weighted by molar-refractivity contribution is 5.95. The number of halogens is 3. The first kappa shape index (κ1) is 17.1. The van der Waals surface area contributed by atoms with Crippen LogP contribution in [0.25, 0.3) is 0 Å². The van der Waals surface area contributed by atoms with Crippen molar-refractivity contribution in [2.75, 3.05) is 5.32 Å². The monoisotopic (exact) mass is 327 g/mol. The van der Waals surface area contributed by atoms with Gasteiger partial charge in [0.25, 0.3) is 0 Å². The number of benzene rings is 1.